The number of piperidine rings is 2. The molecular formula is C51H58F6N6O4. The van der Waals surface area contributed by atoms with Gasteiger partial charge >= 0.3 is 12.4 Å². The van der Waals surface area contributed by atoms with E-state index in [1.54, 1.807) is 65.2 Å². The van der Waals surface area contributed by atoms with E-state index in [-0.39, 0.29) is 29.7 Å². The molecule has 4 aromatic rings. The molecule has 0 spiro atoms. The predicted molar refractivity (Wildman–Crippen MR) is 245 cm³/mol. The van der Waals surface area contributed by atoms with Gasteiger partial charge in [-0.05, 0) is 163 Å². The van der Waals surface area contributed by atoms with Crippen molar-refractivity contribution in [1.29, 1.82) is 0 Å². The first kappa shape index (κ1) is 49.2. The molecule has 3 atom stereocenters. The summed E-state index contributed by atoms with van der Waals surface area (Å²) in [7, 11) is 3.47. The number of likely N-dealkylation sites (tertiary alicyclic amines) is 3. The number of likely N-dealkylation sites (N-methyl/N-ethyl adjacent to an activating group) is 1. The topological polar surface area (TPSA) is 105 Å². The summed E-state index contributed by atoms with van der Waals surface area (Å²) in [5, 5.41) is 6.10. The van der Waals surface area contributed by atoms with Gasteiger partial charge in [0.2, 0.25) is 11.8 Å². The molecule has 10 nitrogen and oxygen atoms in total. The molecule has 0 radical (unpaired) electrons. The van der Waals surface area contributed by atoms with Crippen molar-refractivity contribution >= 4 is 35.0 Å². The molecule has 3 saturated heterocycles. The van der Waals surface area contributed by atoms with Gasteiger partial charge in [0.15, 0.2) is 0 Å². The second-order valence-corrected chi connectivity index (χ2v) is 18.5. The lowest BCUT2D eigenvalue weighted by molar-refractivity contribution is -0.138. The van der Waals surface area contributed by atoms with Crippen LogP contribution in [0.1, 0.15) is 111 Å². The highest BCUT2D eigenvalue weighted by Gasteiger charge is 2.43. The Kier molecular flexibility index (Phi) is 14.9. The molecule has 4 amide bonds. The first-order valence-corrected chi connectivity index (χ1v) is 22.9. The molecular weight excluding hydrogens is 875 g/mol. The van der Waals surface area contributed by atoms with Gasteiger partial charge in [-0.1, -0.05) is 36.4 Å². The molecule has 67 heavy (non-hydrogen) atoms. The van der Waals surface area contributed by atoms with Crippen molar-refractivity contribution in [2.75, 3.05) is 57.5 Å². The maximum absolute atomic E-state index is 14.7. The number of aryl methyl sites for hydroxylation is 2. The molecule has 0 aromatic heterocycles. The predicted octanol–water partition coefficient (Wildman–Crippen LogP) is 9.74. The average molecular weight is 933 g/mol. The van der Waals surface area contributed by atoms with Gasteiger partial charge in [0.25, 0.3) is 11.8 Å². The number of alkyl halides is 6. The zero-order chi connectivity index (χ0) is 48.4. The van der Waals surface area contributed by atoms with Gasteiger partial charge < -0.3 is 20.4 Å². The molecule has 3 aliphatic rings. The first-order valence-electron chi connectivity index (χ1n) is 22.9. The number of nitrogens with one attached hydrogen (secondary N) is 2. The van der Waals surface area contributed by atoms with Crippen molar-refractivity contribution in [3.05, 3.63) is 129 Å². The number of amides is 4. The van der Waals surface area contributed by atoms with Crippen LogP contribution < -0.4 is 10.6 Å². The Morgan fingerprint density at radius 2 is 0.985 bits per heavy atom. The SMILES string of the molecule is Cc1ccc(C(=O)N2CCC(c3ccc(C(F)(F)F)cc3)CC2)cc1NC(=O)C(C(C(=O)Nc1cc(C(=O)N2CCC(c3ccc(C(F)(F)F)cc3)CC2)ccc1C)N1CCCC1C)N(C)C. The van der Waals surface area contributed by atoms with Crippen LogP contribution in [0.4, 0.5) is 37.7 Å². The van der Waals surface area contributed by atoms with E-state index in [1.165, 1.54) is 24.3 Å². The summed E-state index contributed by atoms with van der Waals surface area (Å²) >= 11 is 0. The summed E-state index contributed by atoms with van der Waals surface area (Å²) in [6.45, 7) is 7.90. The van der Waals surface area contributed by atoms with Gasteiger partial charge in [0.05, 0.1) is 11.1 Å². The zero-order valence-electron chi connectivity index (χ0n) is 38.4. The highest BCUT2D eigenvalue weighted by atomic mass is 19.4. The Labute approximate surface area is 387 Å². The fourth-order valence-corrected chi connectivity index (χ4v) is 9.78. The van der Waals surface area contributed by atoms with Gasteiger partial charge in [-0.25, -0.2) is 0 Å². The van der Waals surface area contributed by atoms with E-state index in [2.05, 4.69) is 10.6 Å². The number of benzene rings is 4. The number of hydrogen-bond acceptors (Lipinski definition) is 6. The number of halogens is 6. The molecule has 0 bridgehead atoms. The van der Waals surface area contributed by atoms with Gasteiger partial charge in [0.1, 0.15) is 12.1 Å². The van der Waals surface area contributed by atoms with Crippen molar-refractivity contribution in [1.82, 2.24) is 19.6 Å². The molecule has 3 unspecified atom stereocenters. The summed E-state index contributed by atoms with van der Waals surface area (Å²) in [6, 6.07) is 18.7. The number of carbonyl (C=O) groups is 4. The maximum Gasteiger partial charge on any atom is 0.416 e. The maximum atomic E-state index is 14.7. The standard InChI is InChI=1S/C51H58F6N6O4/c1-31-8-10-38(48(66)61-25-20-36(21-26-61)34-12-16-40(17-13-34)50(52,53)54)29-42(31)58-46(64)44(60(4)5)45(63-24-6-7-33(63)3)47(65)59-43-30-39(11-9-32(43)2)49(67)62-27-22-37(23-28-62)35-14-18-41(19-15-35)51(55,56)57/h8-19,29-30,33,36-37,44-45H,6-7,20-28H2,1-5H3,(H,58,64)(H,59,65). The van der Waals surface area contributed by atoms with Crippen LogP contribution in [0.3, 0.4) is 0 Å². The highest BCUT2D eigenvalue weighted by molar-refractivity contribution is 6.05. The van der Waals surface area contributed by atoms with Crippen LogP contribution in [0.15, 0.2) is 84.9 Å². The van der Waals surface area contributed by atoms with Crippen molar-refractivity contribution in [3.8, 4) is 0 Å². The Balaban J connectivity index is 1.02. The smallest absolute Gasteiger partial charge is 0.339 e. The summed E-state index contributed by atoms with van der Waals surface area (Å²) in [5.41, 5.74) is 3.21. The molecule has 0 aliphatic carbocycles. The number of rotatable bonds is 11. The van der Waals surface area contributed by atoms with Crippen LogP contribution in [0.2, 0.25) is 0 Å². The van der Waals surface area contributed by atoms with E-state index in [4.69, 9.17) is 0 Å². The van der Waals surface area contributed by atoms with E-state index >= 15 is 0 Å². The van der Waals surface area contributed by atoms with Crippen LogP contribution in [0.25, 0.3) is 0 Å². The third kappa shape index (κ3) is 11.3. The summed E-state index contributed by atoms with van der Waals surface area (Å²) < 4.78 is 78.7. The van der Waals surface area contributed by atoms with E-state index in [0.717, 1.165) is 48.2 Å². The van der Waals surface area contributed by atoms with Crippen LogP contribution >= 0.6 is 0 Å². The molecule has 0 saturated carbocycles. The average Bonchev–Trinajstić information content (AvgIpc) is 3.73. The first-order chi connectivity index (χ1) is 31.7. The zero-order valence-corrected chi connectivity index (χ0v) is 38.4. The van der Waals surface area contributed by atoms with Gasteiger partial charge in [-0.15, -0.1) is 0 Å². The van der Waals surface area contributed by atoms with Crippen LogP contribution in [-0.2, 0) is 21.9 Å². The summed E-state index contributed by atoms with van der Waals surface area (Å²) in [4.78, 5) is 64.1. The largest absolute Gasteiger partial charge is 0.416 e. The monoisotopic (exact) mass is 932 g/mol. The highest BCUT2D eigenvalue weighted by Crippen LogP contribution is 2.36. The quantitative estimate of drug-likeness (QED) is 0.145. The van der Waals surface area contributed by atoms with E-state index in [9.17, 15) is 45.5 Å². The third-order valence-corrected chi connectivity index (χ3v) is 13.8. The lowest BCUT2D eigenvalue weighted by Gasteiger charge is -2.38. The minimum Gasteiger partial charge on any atom is -0.339 e. The van der Waals surface area contributed by atoms with Crippen LogP contribution in [-0.4, -0.2) is 108 Å². The summed E-state index contributed by atoms with van der Waals surface area (Å²) in [5.74, 6) is -1.30. The van der Waals surface area contributed by atoms with Crippen molar-refractivity contribution in [3.63, 3.8) is 0 Å². The molecule has 2 N–H and O–H groups in total. The minimum atomic E-state index is -4.41. The Hall–Kier alpha value is -5.74. The fourth-order valence-electron chi connectivity index (χ4n) is 9.78. The molecule has 7 rings (SSSR count). The second kappa shape index (κ2) is 20.2. The number of hydrogen-bond donors (Lipinski definition) is 2. The normalized spacial score (nSPS) is 18.8. The summed E-state index contributed by atoms with van der Waals surface area (Å²) in [6.07, 6.45) is -4.81. The molecule has 3 heterocycles. The van der Waals surface area contributed by atoms with Crippen LogP contribution in [0, 0.1) is 13.8 Å². The van der Waals surface area contributed by atoms with Gasteiger partial charge in [0, 0.05) is 54.7 Å². The van der Waals surface area contributed by atoms with Gasteiger partial charge in [-0.3, -0.25) is 29.0 Å². The molecule has 3 aliphatic heterocycles. The van der Waals surface area contributed by atoms with Crippen LogP contribution in [0.5, 0.6) is 0 Å². The second-order valence-electron chi connectivity index (χ2n) is 18.5. The van der Waals surface area contributed by atoms with Crippen molar-refractivity contribution in [2.24, 2.45) is 0 Å². The number of anilines is 2. The molecule has 3 fully saturated rings. The van der Waals surface area contributed by atoms with E-state index in [0.29, 0.717) is 92.0 Å². The Bertz CT molecular complexity index is 2420. The minimum absolute atomic E-state index is 0.0162. The number of nitrogens with zero attached hydrogens (tertiary/aromatic N) is 4. The number of carbonyl (C=O) groups excluding carboxylic acids is 4. The Morgan fingerprint density at radius 3 is 1.34 bits per heavy atom. The fraction of sp³-hybridized carbons (Fsp3) is 0.451. The lowest BCUT2D eigenvalue weighted by Crippen LogP contribution is -2.60. The molecule has 16 heteroatoms. The lowest BCUT2D eigenvalue weighted by atomic mass is 9.88. The van der Waals surface area contributed by atoms with E-state index in [1.807, 2.05) is 25.7 Å². The van der Waals surface area contributed by atoms with Crippen molar-refractivity contribution in [2.45, 2.75) is 102 Å². The van der Waals surface area contributed by atoms with Gasteiger partial charge in [-0.2, -0.15) is 26.3 Å². The third-order valence-electron chi connectivity index (χ3n) is 13.8. The Morgan fingerprint density at radius 1 is 0.582 bits per heavy atom. The molecule has 358 valence electrons. The molecule has 4 aromatic carbocycles. The van der Waals surface area contributed by atoms with E-state index < -0.39 is 47.4 Å². The van der Waals surface area contributed by atoms with Crippen molar-refractivity contribution < 1.29 is 45.5 Å².